The molecule has 3 rings (SSSR count). The van der Waals surface area contributed by atoms with Gasteiger partial charge in [0.25, 0.3) is 5.91 Å². The molecule has 5 nitrogen and oxygen atoms in total. The third-order valence-electron chi connectivity index (χ3n) is 3.71. The Balaban J connectivity index is 1.88. The molecule has 0 bridgehead atoms. The molecule has 2 N–H and O–H groups in total. The van der Waals surface area contributed by atoms with E-state index in [-0.39, 0.29) is 18.6 Å². The normalized spacial score (nSPS) is 11.3. The van der Waals surface area contributed by atoms with E-state index in [9.17, 15) is 4.79 Å². The predicted molar refractivity (Wildman–Crippen MR) is 92.7 cm³/mol. The van der Waals surface area contributed by atoms with Gasteiger partial charge in [-0.15, -0.1) is 11.3 Å². The van der Waals surface area contributed by atoms with Gasteiger partial charge in [-0.1, -0.05) is 18.2 Å². The number of amides is 1. The van der Waals surface area contributed by atoms with Gasteiger partial charge in [0.15, 0.2) is 0 Å². The molecule has 120 valence electrons. The first-order valence-electron chi connectivity index (χ1n) is 7.55. The quantitative estimate of drug-likeness (QED) is 0.755. The van der Waals surface area contributed by atoms with Crippen molar-refractivity contribution in [3.63, 3.8) is 0 Å². The Hall–Kier alpha value is -2.18. The van der Waals surface area contributed by atoms with E-state index < -0.39 is 0 Å². The molecule has 0 radical (unpaired) electrons. The van der Waals surface area contributed by atoms with Crippen molar-refractivity contribution in [3.05, 3.63) is 41.4 Å². The van der Waals surface area contributed by atoms with Crippen molar-refractivity contribution >= 4 is 28.1 Å². The summed E-state index contributed by atoms with van der Waals surface area (Å²) in [5.74, 6) is -0.146. The number of carbonyl (C=O) groups excluding carboxylic acids is 1. The molecule has 0 fully saturated rings. The molecule has 0 aliphatic rings. The van der Waals surface area contributed by atoms with Crippen LogP contribution in [0.15, 0.2) is 35.7 Å². The summed E-state index contributed by atoms with van der Waals surface area (Å²) in [4.78, 5) is 22.0. The Bertz CT molecular complexity index is 789. The summed E-state index contributed by atoms with van der Waals surface area (Å²) in [6, 6.07) is 10.1. The first-order chi connectivity index (χ1) is 11.1. The fourth-order valence-corrected chi connectivity index (χ4v) is 3.30. The van der Waals surface area contributed by atoms with E-state index in [4.69, 9.17) is 5.11 Å². The van der Waals surface area contributed by atoms with Crippen molar-refractivity contribution in [1.29, 1.82) is 0 Å². The Morgan fingerprint density at radius 1 is 1.39 bits per heavy atom. The van der Waals surface area contributed by atoms with Crippen molar-refractivity contribution in [2.45, 2.75) is 19.9 Å². The molecule has 6 heteroatoms. The number of aromatic nitrogens is 2. The molecule has 1 amide bonds. The Morgan fingerprint density at radius 2 is 2.17 bits per heavy atom. The smallest absolute Gasteiger partial charge is 0.273 e. The van der Waals surface area contributed by atoms with E-state index in [1.807, 2.05) is 44.2 Å². The minimum Gasteiger partial charge on any atom is -0.395 e. The number of hydrogen-bond donors (Lipinski definition) is 2. The van der Waals surface area contributed by atoms with E-state index in [1.54, 1.807) is 10.3 Å². The van der Waals surface area contributed by atoms with Crippen LogP contribution < -0.4 is 0 Å². The fourth-order valence-electron chi connectivity index (χ4n) is 2.53. The lowest BCUT2D eigenvalue weighted by atomic mass is 10.2. The van der Waals surface area contributed by atoms with Crippen LogP contribution in [-0.2, 0) is 0 Å². The summed E-state index contributed by atoms with van der Waals surface area (Å²) in [5.41, 5.74) is 2.38. The molecule has 0 saturated heterocycles. The number of hydrogen-bond acceptors (Lipinski definition) is 4. The number of carbonyl (C=O) groups is 1. The minimum atomic E-state index is -0.146. The number of thiazole rings is 1. The second-order valence-electron chi connectivity index (χ2n) is 5.62. The fraction of sp³-hybridized carbons (Fsp3) is 0.294. The summed E-state index contributed by atoms with van der Waals surface area (Å²) < 4.78 is 0. The van der Waals surface area contributed by atoms with Crippen LogP contribution in [0.4, 0.5) is 0 Å². The van der Waals surface area contributed by atoms with Gasteiger partial charge in [-0.2, -0.15) is 0 Å². The Kier molecular flexibility index (Phi) is 4.45. The maximum absolute atomic E-state index is 12.5. The molecule has 0 saturated carbocycles. The zero-order chi connectivity index (χ0) is 16.4. The molecule has 0 atom stereocenters. The van der Waals surface area contributed by atoms with Gasteiger partial charge in [0.05, 0.1) is 12.3 Å². The van der Waals surface area contributed by atoms with Crippen molar-refractivity contribution in [2.75, 3.05) is 13.2 Å². The van der Waals surface area contributed by atoms with Gasteiger partial charge in [-0.3, -0.25) is 4.79 Å². The van der Waals surface area contributed by atoms with Crippen molar-refractivity contribution in [3.8, 4) is 10.7 Å². The van der Waals surface area contributed by atoms with Crippen molar-refractivity contribution in [1.82, 2.24) is 14.9 Å². The number of aliphatic hydroxyl groups excluding tert-OH is 1. The zero-order valence-electron chi connectivity index (χ0n) is 13.1. The SMILES string of the molecule is CC(C)N(CCO)C(=O)c1csc(-c2cc3ccccc3[nH]2)n1. The average Bonchev–Trinajstić information content (AvgIpc) is 3.17. The summed E-state index contributed by atoms with van der Waals surface area (Å²) in [5, 5.41) is 12.8. The molecular formula is C17H19N3O2S. The maximum Gasteiger partial charge on any atom is 0.273 e. The molecule has 0 spiro atoms. The number of nitrogens with zero attached hydrogens (tertiary/aromatic N) is 2. The van der Waals surface area contributed by atoms with Gasteiger partial charge in [-0.25, -0.2) is 4.98 Å². The van der Waals surface area contributed by atoms with Gasteiger partial charge in [0.1, 0.15) is 10.7 Å². The van der Waals surface area contributed by atoms with Crippen LogP contribution in [0.1, 0.15) is 24.3 Å². The van der Waals surface area contributed by atoms with Gasteiger partial charge in [-0.05, 0) is 26.0 Å². The van der Waals surface area contributed by atoms with Crippen LogP contribution in [-0.4, -0.2) is 45.1 Å². The van der Waals surface area contributed by atoms with E-state index in [0.29, 0.717) is 12.2 Å². The van der Waals surface area contributed by atoms with Gasteiger partial charge in [0, 0.05) is 28.9 Å². The van der Waals surface area contributed by atoms with Crippen molar-refractivity contribution in [2.24, 2.45) is 0 Å². The highest BCUT2D eigenvalue weighted by Gasteiger charge is 2.21. The number of H-pyrrole nitrogens is 1. The number of rotatable bonds is 5. The number of para-hydroxylation sites is 1. The molecule has 0 aliphatic carbocycles. The highest BCUT2D eigenvalue weighted by Crippen LogP contribution is 2.27. The van der Waals surface area contributed by atoms with E-state index >= 15 is 0 Å². The highest BCUT2D eigenvalue weighted by molar-refractivity contribution is 7.13. The summed E-state index contributed by atoms with van der Waals surface area (Å²) in [6.07, 6.45) is 0. The van der Waals surface area contributed by atoms with Gasteiger partial charge in [0.2, 0.25) is 0 Å². The van der Waals surface area contributed by atoms with Gasteiger partial charge >= 0.3 is 0 Å². The molecule has 3 aromatic rings. The maximum atomic E-state index is 12.5. The number of aromatic amines is 1. The van der Waals surface area contributed by atoms with Gasteiger partial charge < -0.3 is 15.0 Å². The number of aliphatic hydroxyl groups is 1. The first-order valence-corrected chi connectivity index (χ1v) is 8.43. The Morgan fingerprint density at radius 3 is 2.87 bits per heavy atom. The molecule has 23 heavy (non-hydrogen) atoms. The molecule has 0 aliphatic heterocycles. The monoisotopic (exact) mass is 329 g/mol. The minimum absolute atomic E-state index is 0.0212. The van der Waals surface area contributed by atoms with Crippen LogP contribution in [0.25, 0.3) is 21.6 Å². The van der Waals surface area contributed by atoms with E-state index in [0.717, 1.165) is 21.6 Å². The number of benzene rings is 1. The summed E-state index contributed by atoms with van der Waals surface area (Å²) in [6.45, 7) is 4.12. The summed E-state index contributed by atoms with van der Waals surface area (Å²) in [7, 11) is 0. The van der Waals surface area contributed by atoms with Crippen LogP contribution in [0, 0.1) is 0 Å². The molecule has 2 aromatic heterocycles. The summed E-state index contributed by atoms with van der Waals surface area (Å²) >= 11 is 1.44. The first kappa shape index (κ1) is 15.7. The third-order valence-corrected chi connectivity index (χ3v) is 4.58. The van der Waals surface area contributed by atoms with Crippen LogP contribution in [0.3, 0.4) is 0 Å². The third kappa shape index (κ3) is 3.13. The average molecular weight is 329 g/mol. The van der Waals surface area contributed by atoms with E-state index in [1.165, 1.54) is 11.3 Å². The number of fused-ring (bicyclic) bond motifs is 1. The zero-order valence-corrected chi connectivity index (χ0v) is 13.9. The predicted octanol–water partition coefficient (Wildman–Crippen LogP) is 3.13. The highest BCUT2D eigenvalue weighted by atomic mass is 32.1. The number of nitrogens with one attached hydrogen (secondary N) is 1. The van der Waals surface area contributed by atoms with E-state index in [2.05, 4.69) is 9.97 Å². The molecule has 0 unspecified atom stereocenters. The van der Waals surface area contributed by atoms with Crippen LogP contribution in [0.5, 0.6) is 0 Å². The van der Waals surface area contributed by atoms with Crippen LogP contribution >= 0.6 is 11.3 Å². The lowest BCUT2D eigenvalue weighted by Crippen LogP contribution is -2.39. The second kappa shape index (κ2) is 6.52. The van der Waals surface area contributed by atoms with Crippen molar-refractivity contribution < 1.29 is 9.90 Å². The molecule has 1 aromatic carbocycles. The topological polar surface area (TPSA) is 69.2 Å². The lowest BCUT2D eigenvalue weighted by molar-refractivity contribution is 0.0660. The lowest BCUT2D eigenvalue weighted by Gasteiger charge is -2.24. The molecular weight excluding hydrogens is 310 g/mol. The standard InChI is InChI=1S/C17H19N3O2S/c1-11(2)20(7-8-21)17(22)15-10-23-16(19-15)14-9-12-5-3-4-6-13(12)18-14/h3-6,9-11,18,21H,7-8H2,1-2H3. The Labute approximate surface area is 138 Å². The largest absolute Gasteiger partial charge is 0.395 e. The second-order valence-corrected chi connectivity index (χ2v) is 6.48. The molecule has 2 heterocycles. The van der Waals surface area contributed by atoms with Crippen LogP contribution in [0.2, 0.25) is 0 Å².